The van der Waals surface area contributed by atoms with Crippen molar-refractivity contribution in [1.82, 2.24) is 5.32 Å². The summed E-state index contributed by atoms with van der Waals surface area (Å²) in [5.74, 6) is 0.967. The van der Waals surface area contributed by atoms with Gasteiger partial charge in [0, 0.05) is 6.04 Å². The number of nitrogens with two attached hydrogens (primary N) is 1. The average molecular weight is 212 g/mol. The molecule has 0 spiro atoms. The minimum atomic E-state index is -0.467. The van der Waals surface area contributed by atoms with Crippen LogP contribution in [0.4, 0.5) is 0 Å². The lowest BCUT2D eigenvalue weighted by molar-refractivity contribution is -0.127. The molecule has 0 saturated heterocycles. The Morgan fingerprint density at radius 3 is 2.13 bits per heavy atom. The third-order valence-corrected chi connectivity index (χ3v) is 3.24. The first-order valence-corrected chi connectivity index (χ1v) is 5.93. The second-order valence-corrected chi connectivity index (χ2v) is 5.60. The monoisotopic (exact) mass is 212 g/mol. The SMILES string of the molecule is CC1CC(C)CC(NC(C)C)(C(N)=O)C1. The number of carbonyl (C=O) groups is 1. The Labute approximate surface area is 92.8 Å². The second kappa shape index (κ2) is 4.52. The minimum absolute atomic E-state index is 0.186. The van der Waals surface area contributed by atoms with E-state index in [4.69, 9.17) is 5.73 Å². The molecule has 2 atom stereocenters. The highest BCUT2D eigenvalue weighted by molar-refractivity contribution is 5.84. The zero-order valence-corrected chi connectivity index (χ0v) is 10.3. The van der Waals surface area contributed by atoms with Crippen molar-refractivity contribution in [2.24, 2.45) is 17.6 Å². The van der Waals surface area contributed by atoms with Gasteiger partial charge in [-0.1, -0.05) is 13.8 Å². The number of hydrogen-bond donors (Lipinski definition) is 2. The van der Waals surface area contributed by atoms with Gasteiger partial charge in [0.15, 0.2) is 0 Å². The molecule has 1 rings (SSSR count). The third-order valence-electron chi connectivity index (χ3n) is 3.24. The molecule has 0 aromatic heterocycles. The molecule has 1 aliphatic carbocycles. The quantitative estimate of drug-likeness (QED) is 0.747. The Hall–Kier alpha value is -0.570. The first kappa shape index (κ1) is 12.5. The molecule has 1 fully saturated rings. The van der Waals surface area contributed by atoms with Crippen molar-refractivity contribution in [3.8, 4) is 0 Å². The normalized spacial score (nSPS) is 36.9. The maximum atomic E-state index is 11.7. The largest absolute Gasteiger partial charge is 0.368 e. The smallest absolute Gasteiger partial charge is 0.237 e. The lowest BCUT2D eigenvalue weighted by Gasteiger charge is -2.42. The summed E-state index contributed by atoms with van der Waals surface area (Å²) in [6.45, 7) is 8.54. The van der Waals surface area contributed by atoms with Gasteiger partial charge in [0.1, 0.15) is 0 Å². The van der Waals surface area contributed by atoms with Crippen LogP contribution in [0.25, 0.3) is 0 Å². The number of rotatable bonds is 3. The van der Waals surface area contributed by atoms with Gasteiger partial charge in [0.05, 0.1) is 5.54 Å². The van der Waals surface area contributed by atoms with Gasteiger partial charge in [-0.2, -0.15) is 0 Å². The van der Waals surface area contributed by atoms with Gasteiger partial charge in [-0.3, -0.25) is 4.79 Å². The van der Waals surface area contributed by atoms with Crippen molar-refractivity contribution < 1.29 is 4.79 Å². The van der Waals surface area contributed by atoms with Crippen LogP contribution in [0.3, 0.4) is 0 Å². The lowest BCUT2D eigenvalue weighted by atomic mass is 9.71. The number of hydrogen-bond acceptors (Lipinski definition) is 2. The van der Waals surface area contributed by atoms with Crippen LogP contribution in [0.5, 0.6) is 0 Å². The predicted molar refractivity (Wildman–Crippen MR) is 62.4 cm³/mol. The highest BCUT2D eigenvalue weighted by Crippen LogP contribution is 2.36. The van der Waals surface area contributed by atoms with Crippen molar-refractivity contribution in [1.29, 1.82) is 0 Å². The number of carbonyl (C=O) groups excluding carboxylic acids is 1. The predicted octanol–water partition coefficient (Wildman–Crippen LogP) is 1.66. The molecular weight excluding hydrogens is 188 g/mol. The van der Waals surface area contributed by atoms with E-state index >= 15 is 0 Å². The molecule has 1 aliphatic rings. The molecule has 3 N–H and O–H groups in total. The second-order valence-electron chi connectivity index (χ2n) is 5.60. The fourth-order valence-electron chi connectivity index (χ4n) is 3.07. The molecule has 0 aromatic rings. The summed E-state index contributed by atoms with van der Waals surface area (Å²) in [7, 11) is 0. The van der Waals surface area contributed by atoms with Crippen LogP contribution in [-0.4, -0.2) is 17.5 Å². The van der Waals surface area contributed by atoms with E-state index < -0.39 is 5.54 Å². The van der Waals surface area contributed by atoms with Gasteiger partial charge >= 0.3 is 0 Å². The Kier molecular flexibility index (Phi) is 3.77. The standard InChI is InChI=1S/C12H24N2O/c1-8(2)14-12(11(13)15)6-9(3)5-10(4)7-12/h8-10,14H,5-7H2,1-4H3,(H2,13,15). The summed E-state index contributed by atoms with van der Waals surface area (Å²) in [6.07, 6.45) is 2.96. The van der Waals surface area contributed by atoms with Crippen LogP contribution in [-0.2, 0) is 4.79 Å². The van der Waals surface area contributed by atoms with Crippen LogP contribution in [0, 0.1) is 11.8 Å². The van der Waals surface area contributed by atoms with E-state index in [1.54, 1.807) is 0 Å². The molecule has 0 radical (unpaired) electrons. The highest BCUT2D eigenvalue weighted by Gasteiger charge is 2.42. The van der Waals surface area contributed by atoms with Gasteiger partial charge in [-0.05, 0) is 44.9 Å². The first-order chi connectivity index (χ1) is 6.85. The molecule has 0 heterocycles. The maximum absolute atomic E-state index is 11.7. The van der Waals surface area contributed by atoms with Gasteiger partial charge in [-0.25, -0.2) is 0 Å². The van der Waals surface area contributed by atoms with E-state index in [1.807, 2.05) is 0 Å². The molecule has 15 heavy (non-hydrogen) atoms. The van der Waals surface area contributed by atoms with Crippen molar-refractivity contribution in [2.45, 2.75) is 58.5 Å². The average Bonchev–Trinajstić information content (AvgIpc) is 1.99. The highest BCUT2D eigenvalue weighted by atomic mass is 16.1. The first-order valence-electron chi connectivity index (χ1n) is 5.93. The van der Waals surface area contributed by atoms with Gasteiger partial charge in [0.25, 0.3) is 0 Å². The summed E-state index contributed by atoms with van der Waals surface area (Å²) >= 11 is 0. The van der Waals surface area contributed by atoms with Gasteiger partial charge < -0.3 is 11.1 Å². The van der Waals surface area contributed by atoms with E-state index in [0.717, 1.165) is 12.8 Å². The van der Waals surface area contributed by atoms with Crippen molar-refractivity contribution >= 4 is 5.91 Å². The lowest BCUT2D eigenvalue weighted by Crippen LogP contribution is -2.60. The summed E-state index contributed by atoms with van der Waals surface area (Å²) in [5, 5.41) is 3.38. The van der Waals surface area contributed by atoms with Gasteiger partial charge in [-0.15, -0.1) is 0 Å². The van der Waals surface area contributed by atoms with E-state index in [2.05, 4.69) is 33.0 Å². The molecule has 0 aromatic carbocycles. The zero-order chi connectivity index (χ0) is 11.6. The van der Waals surface area contributed by atoms with Crippen LogP contribution in [0.2, 0.25) is 0 Å². The van der Waals surface area contributed by atoms with E-state index in [9.17, 15) is 4.79 Å². The molecule has 1 amide bonds. The Bertz CT molecular complexity index is 222. The van der Waals surface area contributed by atoms with Crippen molar-refractivity contribution in [3.05, 3.63) is 0 Å². The van der Waals surface area contributed by atoms with E-state index in [0.29, 0.717) is 17.9 Å². The number of primary amides is 1. The molecule has 0 aliphatic heterocycles. The molecule has 1 saturated carbocycles. The summed E-state index contributed by atoms with van der Waals surface area (Å²) in [6, 6.07) is 0.301. The third kappa shape index (κ3) is 2.94. The topological polar surface area (TPSA) is 55.1 Å². The summed E-state index contributed by atoms with van der Waals surface area (Å²) in [4.78, 5) is 11.7. The Morgan fingerprint density at radius 2 is 1.80 bits per heavy atom. The molecule has 0 bridgehead atoms. The molecule has 3 heteroatoms. The van der Waals surface area contributed by atoms with Crippen molar-refractivity contribution in [2.75, 3.05) is 0 Å². The maximum Gasteiger partial charge on any atom is 0.237 e. The Balaban J connectivity index is 2.84. The molecule has 3 nitrogen and oxygen atoms in total. The fourth-order valence-corrected chi connectivity index (χ4v) is 3.07. The van der Waals surface area contributed by atoms with Crippen molar-refractivity contribution in [3.63, 3.8) is 0 Å². The number of nitrogens with one attached hydrogen (secondary N) is 1. The van der Waals surface area contributed by atoms with E-state index in [-0.39, 0.29) is 5.91 Å². The Morgan fingerprint density at radius 1 is 1.33 bits per heavy atom. The summed E-state index contributed by atoms with van der Waals surface area (Å²) < 4.78 is 0. The minimum Gasteiger partial charge on any atom is -0.368 e. The number of amides is 1. The molecule has 2 unspecified atom stereocenters. The van der Waals surface area contributed by atoms with E-state index in [1.165, 1.54) is 6.42 Å². The van der Waals surface area contributed by atoms with Crippen LogP contribution in [0.1, 0.15) is 47.0 Å². The van der Waals surface area contributed by atoms with Gasteiger partial charge in [0.2, 0.25) is 5.91 Å². The van der Waals surface area contributed by atoms with Crippen LogP contribution < -0.4 is 11.1 Å². The fraction of sp³-hybridized carbons (Fsp3) is 0.917. The van der Waals surface area contributed by atoms with Crippen LogP contribution >= 0.6 is 0 Å². The molecular formula is C12H24N2O. The molecule has 88 valence electrons. The zero-order valence-electron chi connectivity index (χ0n) is 10.3. The summed E-state index contributed by atoms with van der Waals surface area (Å²) in [5.41, 5.74) is 5.11. The van der Waals surface area contributed by atoms with Crippen LogP contribution in [0.15, 0.2) is 0 Å².